The summed E-state index contributed by atoms with van der Waals surface area (Å²) in [6.45, 7) is 0.877. The number of hydrogen-bond acceptors (Lipinski definition) is 3. The van der Waals surface area contributed by atoms with Gasteiger partial charge in [-0.25, -0.2) is 4.79 Å². The smallest absolute Gasteiger partial charge is 0.315 e. The normalized spacial score (nSPS) is 35.3. The van der Waals surface area contributed by atoms with Crippen LogP contribution in [0.4, 0.5) is 4.79 Å². The summed E-state index contributed by atoms with van der Waals surface area (Å²) in [6.07, 6.45) is 10.2. The highest BCUT2D eigenvalue weighted by molar-refractivity contribution is 5.85. The molecule has 1 atom stereocenters. The molecule has 7 heteroatoms. The van der Waals surface area contributed by atoms with Crippen LogP contribution in [-0.4, -0.2) is 36.6 Å². The van der Waals surface area contributed by atoms with Crippen LogP contribution in [0.3, 0.4) is 0 Å². The van der Waals surface area contributed by atoms with Gasteiger partial charge >= 0.3 is 6.03 Å². The molecule has 0 aliphatic heterocycles. The van der Waals surface area contributed by atoms with E-state index in [0.29, 0.717) is 25.4 Å². The topological polar surface area (TPSA) is 96.2 Å². The van der Waals surface area contributed by atoms with Gasteiger partial charge in [-0.1, -0.05) is 0 Å². The molecular formula is C19H33ClN4O2. The van der Waals surface area contributed by atoms with Gasteiger partial charge in [-0.3, -0.25) is 4.79 Å². The van der Waals surface area contributed by atoms with Crippen LogP contribution in [-0.2, 0) is 4.79 Å². The van der Waals surface area contributed by atoms with Crippen LogP contribution in [0.2, 0.25) is 0 Å². The van der Waals surface area contributed by atoms with Crippen molar-refractivity contribution in [3.63, 3.8) is 0 Å². The Morgan fingerprint density at radius 1 is 1.04 bits per heavy atom. The molecular weight excluding hydrogens is 352 g/mol. The van der Waals surface area contributed by atoms with Crippen molar-refractivity contribution >= 4 is 24.3 Å². The van der Waals surface area contributed by atoms with Crippen molar-refractivity contribution in [3.8, 4) is 0 Å². The summed E-state index contributed by atoms with van der Waals surface area (Å²) in [4.78, 5) is 24.3. The van der Waals surface area contributed by atoms with Gasteiger partial charge in [-0.15, -0.1) is 12.4 Å². The predicted octanol–water partition coefficient (Wildman–Crippen LogP) is 1.92. The molecule has 5 fully saturated rings. The van der Waals surface area contributed by atoms with Crippen LogP contribution in [0.1, 0.15) is 57.8 Å². The number of urea groups is 1. The summed E-state index contributed by atoms with van der Waals surface area (Å²) in [5.41, 5.74) is 5.74. The Bertz CT molecular complexity index is 502. The molecule has 0 aromatic carbocycles. The number of rotatable bonds is 7. The zero-order chi connectivity index (χ0) is 17.4. The van der Waals surface area contributed by atoms with Gasteiger partial charge in [0.1, 0.15) is 0 Å². The van der Waals surface area contributed by atoms with Crippen LogP contribution in [0.5, 0.6) is 0 Å². The summed E-state index contributed by atoms with van der Waals surface area (Å²) >= 11 is 0. The van der Waals surface area contributed by atoms with Gasteiger partial charge in [-0.2, -0.15) is 0 Å². The first-order chi connectivity index (χ1) is 12.0. The fraction of sp³-hybridized carbons (Fsp3) is 0.895. The molecule has 0 aromatic heterocycles. The van der Waals surface area contributed by atoms with Crippen LogP contribution in [0.25, 0.3) is 0 Å². The van der Waals surface area contributed by atoms with Gasteiger partial charge in [-0.05, 0) is 75.0 Å². The Hall–Kier alpha value is -1.01. The van der Waals surface area contributed by atoms with Gasteiger partial charge in [0.05, 0.1) is 0 Å². The molecule has 4 bridgehead atoms. The van der Waals surface area contributed by atoms with E-state index in [-0.39, 0.29) is 35.9 Å². The largest absolute Gasteiger partial charge is 0.352 e. The van der Waals surface area contributed by atoms with Gasteiger partial charge < -0.3 is 21.7 Å². The number of carbonyl (C=O) groups is 2. The van der Waals surface area contributed by atoms with Gasteiger partial charge in [0.15, 0.2) is 0 Å². The molecule has 5 saturated carbocycles. The van der Waals surface area contributed by atoms with Crippen LogP contribution < -0.4 is 21.7 Å². The number of nitrogens with two attached hydrogens (primary N) is 1. The first-order valence-electron chi connectivity index (χ1n) is 10.1. The lowest BCUT2D eigenvalue weighted by atomic mass is 9.53. The molecule has 0 heterocycles. The Balaban J connectivity index is 0.00000196. The van der Waals surface area contributed by atoms with Crippen molar-refractivity contribution in [3.05, 3.63) is 0 Å². The molecule has 148 valence electrons. The zero-order valence-corrected chi connectivity index (χ0v) is 16.3. The van der Waals surface area contributed by atoms with Crippen molar-refractivity contribution in [2.75, 3.05) is 13.1 Å². The third-order valence-corrected chi connectivity index (χ3v) is 6.85. The molecule has 6 nitrogen and oxygen atoms in total. The summed E-state index contributed by atoms with van der Waals surface area (Å²) in [5, 5.41) is 9.15. The second-order valence-electron chi connectivity index (χ2n) is 9.08. The third-order valence-electron chi connectivity index (χ3n) is 6.85. The van der Waals surface area contributed by atoms with Crippen LogP contribution >= 0.6 is 12.4 Å². The van der Waals surface area contributed by atoms with Gasteiger partial charge in [0, 0.05) is 31.1 Å². The second-order valence-corrected chi connectivity index (χ2v) is 9.08. The van der Waals surface area contributed by atoms with E-state index in [4.69, 9.17) is 5.73 Å². The third kappa shape index (κ3) is 4.45. The molecule has 1 unspecified atom stereocenters. The molecule has 0 spiro atoms. The number of halogens is 1. The Morgan fingerprint density at radius 3 is 2.12 bits per heavy atom. The fourth-order valence-electron chi connectivity index (χ4n) is 5.99. The summed E-state index contributed by atoms with van der Waals surface area (Å²) in [5.74, 6) is 2.98. The maximum Gasteiger partial charge on any atom is 0.315 e. The van der Waals surface area contributed by atoms with Crippen molar-refractivity contribution in [2.24, 2.45) is 29.4 Å². The van der Waals surface area contributed by atoms with E-state index in [0.717, 1.165) is 49.9 Å². The monoisotopic (exact) mass is 384 g/mol. The molecule has 5 aliphatic carbocycles. The minimum Gasteiger partial charge on any atom is -0.352 e. The lowest BCUT2D eigenvalue weighted by Gasteiger charge is -2.56. The average Bonchev–Trinajstić information content (AvgIpc) is 3.35. The van der Waals surface area contributed by atoms with Gasteiger partial charge in [0.2, 0.25) is 5.91 Å². The van der Waals surface area contributed by atoms with Gasteiger partial charge in [0.25, 0.3) is 0 Å². The van der Waals surface area contributed by atoms with Crippen LogP contribution in [0, 0.1) is 23.7 Å². The Kier molecular flexibility index (Phi) is 6.02. The lowest BCUT2D eigenvalue weighted by Crippen LogP contribution is -2.61. The van der Waals surface area contributed by atoms with Crippen molar-refractivity contribution in [1.29, 1.82) is 0 Å². The molecule has 0 saturated heterocycles. The quantitative estimate of drug-likeness (QED) is 0.540. The summed E-state index contributed by atoms with van der Waals surface area (Å²) in [7, 11) is 0. The molecule has 5 aliphatic rings. The van der Waals surface area contributed by atoms with Crippen molar-refractivity contribution in [2.45, 2.75) is 69.4 Å². The minimum absolute atomic E-state index is 0. The standard InChI is InChI=1S/C19H32N4O2.ClH/c20-11-16(15-1-2-15)22-17(24)3-4-21-18(25)23-19-8-12-5-13(9-19)7-14(6-12)10-19;/h12-16H,1-11,20H2,(H,22,24)(H2,21,23,25);1H. The first kappa shape index (κ1) is 19.7. The lowest BCUT2D eigenvalue weighted by molar-refractivity contribution is -0.121. The SMILES string of the molecule is Cl.NCC(NC(=O)CCNC(=O)NC12CC3CC(CC(C3)C1)C2)C1CC1. The number of hydrogen-bond donors (Lipinski definition) is 4. The minimum atomic E-state index is -0.104. The number of carbonyl (C=O) groups excluding carboxylic acids is 2. The van der Waals surface area contributed by atoms with Crippen LogP contribution in [0.15, 0.2) is 0 Å². The fourth-order valence-corrected chi connectivity index (χ4v) is 5.99. The molecule has 5 rings (SSSR count). The van der Waals surface area contributed by atoms with E-state index in [1.54, 1.807) is 0 Å². The highest BCUT2D eigenvalue weighted by atomic mass is 35.5. The molecule has 26 heavy (non-hydrogen) atoms. The number of amides is 3. The van der Waals surface area contributed by atoms with E-state index in [1.807, 2.05) is 0 Å². The van der Waals surface area contributed by atoms with E-state index in [1.165, 1.54) is 19.3 Å². The van der Waals surface area contributed by atoms with Crippen molar-refractivity contribution in [1.82, 2.24) is 16.0 Å². The summed E-state index contributed by atoms with van der Waals surface area (Å²) in [6, 6.07) is 0.000620. The van der Waals surface area contributed by atoms with E-state index >= 15 is 0 Å². The highest BCUT2D eigenvalue weighted by Gasteiger charge is 2.51. The molecule has 5 N–H and O–H groups in total. The Labute approximate surface area is 162 Å². The average molecular weight is 385 g/mol. The maximum absolute atomic E-state index is 12.3. The van der Waals surface area contributed by atoms with E-state index in [9.17, 15) is 9.59 Å². The zero-order valence-electron chi connectivity index (χ0n) is 15.5. The Morgan fingerprint density at radius 2 is 1.62 bits per heavy atom. The number of nitrogens with one attached hydrogen (secondary N) is 3. The van der Waals surface area contributed by atoms with Crippen molar-refractivity contribution < 1.29 is 9.59 Å². The first-order valence-corrected chi connectivity index (χ1v) is 10.1. The molecule has 0 aromatic rings. The molecule has 3 amide bonds. The molecule has 0 radical (unpaired) electrons. The van der Waals surface area contributed by atoms with E-state index in [2.05, 4.69) is 16.0 Å². The maximum atomic E-state index is 12.3. The highest BCUT2D eigenvalue weighted by Crippen LogP contribution is 2.55. The summed E-state index contributed by atoms with van der Waals surface area (Å²) < 4.78 is 0. The second kappa shape index (κ2) is 7.93. The van der Waals surface area contributed by atoms with E-state index < -0.39 is 0 Å². The predicted molar refractivity (Wildman–Crippen MR) is 103 cm³/mol.